The maximum absolute atomic E-state index is 13.1. The van der Waals surface area contributed by atoms with Crippen LogP contribution in [0.15, 0.2) is 6.07 Å². The van der Waals surface area contributed by atoms with Crippen LogP contribution in [0.2, 0.25) is 0 Å². The van der Waals surface area contributed by atoms with Crippen LogP contribution >= 0.6 is 0 Å². The first-order chi connectivity index (χ1) is 7.16. The van der Waals surface area contributed by atoms with Crippen LogP contribution in [0, 0.1) is 28.7 Å². The third-order valence-corrected chi connectivity index (χ3v) is 1.84. The summed E-state index contributed by atoms with van der Waals surface area (Å²) in [6.45, 7) is 0.886. The fourth-order valence-electron chi connectivity index (χ4n) is 1.18. The Morgan fingerprint density at radius 1 is 1.31 bits per heavy atom. The highest BCUT2D eigenvalue weighted by Gasteiger charge is 2.44. The first-order valence-electron chi connectivity index (χ1n) is 3.86. The third kappa shape index (κ3) is 1.95. The molecule has 0 aliphatic heterocycles. The van der Waals surface area contributed by atoms with Crippen LogP contribution in [0.3, 0.4) is 0 Å². The molecule has 0 N–H and O–H groups in total. The molecule has 88 valence electrons. The van der Waals surface area contributed by atoms with Gasteiger partial charge in [0.15, 0.2) is 5.56 Å². The van der Waals surface area contributed by atoms with Crippen LogP contribution in [0.25, 0.3) is 0 Å². The van der Waals surface area contributed by atoms with Gasteiger partial charge in [-0.1, -0.05) is 0 Å². The molecule has 0 saturated carbocycles. The SMILES string of the molecule is Cc1cc(F)c([N+](=O)[O-])c(C(F)(F)F)c1F. The molecule has 0 bridgehead atoms. The molecule has 1 aromatic carbocycles. The second-order valence-corrected chi connectivity index (χ2v) is 2.97. The van der Waals surface area contributed by atoms with Gasteiger partial charge in [-0.15, -0.1) is 0 Å². The van der Waals surface area contributed by atoms with E-state index in [0.29, 0.717) is 6.07 Å². The van der Waals surface area contributed by atoms with E-state index >= 15 is 0 Å². The standard InChI is InChI=1S/C8H4F5NO2/c1-3-2-4(9)7(14(15)16)5(6(3)10)8(11,12)13/h2H,1H3. The van der Waals surface area contributed by atoms with Crippen LogP contribution in [0.1, 0.15) is 11.1 Å². The van der Waals surface area contributed by atoms with E-state index in [0.717, 1.165) is 6.92 Å². The highest BCUT2D eigenvalue weighted by molar-refractivity contribution is 5.47. The molecule has 16 heavy (non-hydrogen) atoms. The van der Waals surface area contributed by atoms with Gasteiger partial charge in [0.05, 0.1) is 4.92 Å². The van der Waals surface area contributed by atoms with E-state index in [2.05, 4.69) is 0 Å². The fraction of sp³-hybridized carbons (Fsp3) is 0.250. The number of nitro groups is 1. The van der Waals surface area contributed by atoms with Crippen molar-refractivity contribution in [2.24, 2.45) is 0 Å². The summed E-state index contributed by atoms with van der Waals surface area (Å²) in [4.78, 5) is 8.66. The van der Waals surface area contributed by atoms with Gasteiger partial charge in [-0.25, -0.2) is 4.39 Å². The zero-order chi connectivity index (χ0) is 12.7. The molecule has 0 aliphatic carbocycles. The van der Waals surface area contributed by atoms with Gasteiger partial charge in [0, 0.05) is 0 Å². The monoisotopic (exact) mass is 241 g/mol. The Balaban J connectivity index is 3.72. The molecule has 0 spiro atoms. The number of rotatable bonds is 1. The van der Waals surface area contributed by atoms with Crippen LogP contribution < -0.4 is 0 Å². The molecule has 0 aliphatic rings. The van der Waals surface area contributed by atoms with E-state index in [4.69, 9.17) is 0 Å². The van der Waals surface area contributed by atoms with Crippen molar-refractivity contribution in [3.63, 3.8) is 0 Å². The Hall–Kier alpha value is -1.73. The normalized spacial score (nSPS) is 11.6. The summed E-state index contributed by atoms with van der Waals surface area (Å²) in [6, 6.07) is 0.350. The molecule has 0 saturated heterocycles. The zero-order valence-corrected chi connectivity index (χ0v) is 7.73. The number of nitro benzene ring substituents is 1. The predicted octanol–water partition coefficient (Wildman–Crippen LogP) is 3.20. The Kier molecular flexibility index (Phi) is 2.85. The number of hydrogen-bond donors (Lipinski definition) is 0. The van der Waals surface area contributed by atoms with Crippen LogP contribution in [0.4, 0.5) is 27.6 Å². The quantitative estimate of drug-likeness (QED) is 0.430. The van der Waals surface area contributed by atoms with Gasteiger partial charge in [0.1, 0.15) is 5.82 Å². The molecule has 0 radical (unpaired) electrons. The lowest BCUT2D eigenvalue weighted by atomic mass is 10.1. The lowest BCUT2D eigenvalue weighted by Crippen LogP contribution is -2.14. The number of hydrogen-bond acceptors (Lipinski definition) is 2. The summed E-state index contributed by atoms with van der Waals surface area (Å²) in [5, 5.41) is 10.3. The molecular formula is C8H4F5NO2. The summed E-state index contributed by atoms with van der Waals surface area (Å²) in [5.41, 5.74) is -4.72. The number of alkyl halides is 3. The number of nitrogens with zero attached hydrogens (tertiary/aromatic N) is 1. The van der Waals surface area contributed by atoms with Crippen LogP contribution in [-0.4, -0.2) is 4.92 Å². The highest BCUT2D eigenvalue weighted by Crippen LogP contribution is 2.40. The molecule has 8 heteroatoms. The Morgan fingerprint density at radius 3 is 2.19 bits per heavy atom. The van der Waals surface area contributed by atoms with Crippen molar-refractivity contribution in [1.82, 2.24) is 0 Å². The number of benzene rings is 1. The zero-order valence-electron chi connectivity index (χ0n) is 7.73. The summed E-state index contributed by atoms with van der Waals surface area (Å²) < 4.78 is 63.0. The van der Waals surface area contributed by atoms with E-state index in [1.54, 1.807) is 0 Å². The van der Waals surface area contributed by atoms with Crippen molar-refractivity contribution in [3.8, 4) is 0 Å². The molecule has 0 atom stereocenters. The maximum Gasteiger partial charge on any atom is 0.425 e. The minimum absolute atomic E-state index is 0.350. The van der Waals surface area contributed by atoms with E-state index in [1.165, 1.54) is 0 Å². The molecular weight excluding hydrogens is 237 g/mol. The summed E-state index contributed by atoms with van der Waals surface area (Å²) in [7, 11) is 0. The van der Waals surface area contributed by atoms with Gasteiger partial charge < -0.3 is 0 Å². The Labute approximate surface area is 85.6 Å². The average molecular weight is 241 g/mol. The van der Waals surface area contributed by atoms with Crippen LogP contribution in [0.5, 0.6) is 0 Å². The van der Waals surface area contributed by atoms with Crippen molar-refractivity contribution < 1.29 is 26.9 Å². The minimum Gasteiger partial charge on any atom is -0.258 e. The third-order valence-electron chi connectivity index (χ3n) is 1.84. The van der Waals surface area contributed by atoms with E-state index in [1.807, 2.05) is 0 Å². The highest BCUT2D eigenvalue weighted by atomic mass is 19.4. The van der Waals surface area contributed by atoms with E-state index < -0.39 is 39.5 Å². The molecule has 0 aromatic heterocycles. The fourth-order valence-corrected chi connectivity index (χ4v) is 1.18. The molecule has 1 aromatic rings. The lowest BCUT2D eigenvalue weighted by molar-refractivity contribution is -0.391. The van der Waals surface area contributed by atoms with Crippen molar-refractivity contribution in [2.45, 2.75) is 13.1 Å². The van der Waals surface area contributed by atoms with Gasteiger partial charge in [0.25, 0.3) is 0 Å². The molecule has 0 fully saturated rings. The van der Waals surface area contributed by atoms with Gasteiger partial charge in [-0.05, 0) is 18.6 Å². The first kappa shape index (κ1) is 12.3. The van der Waals surface area contributed by atoms with Gasteiger partial charge in [0.2, 0.25) is 5.82 Å². The largest absolute Gasteiger partial charge is 0.425 e. The summed E-state index contributed by atoms with van der Waals surface area (Å²) in [6.07, 6.45) is -5.32. The summed E-state index contributed by atoms with van der Waals surface area (Å²) in [5.74, 6) is -3.54. The predicted molar refractivity (Wildman–Crippen MR) is 42.8 cm³/mol. The topological polar surface area (TPSA) is 43.1 Å². The van der Waals surface area contributed by atoms with Crippen molar-refractivity contribution in [2.75, 3.05) is 0 Å². The smallest absolute Gasteiger partial charge is 0.258 e. The lowest BCUT2D eigenvalue weighted by Gasteiger charge is -2.10. The first-order valence-corrected chi connectivity index (χ1v) is 3.86. The van der Waals surface area contributed by atoms with Crippen LogP contribution in [-0.2, 0) is 6.18 Å². The average Bonchev–Trinajstić information content (AvgIpc) is 2.07. The molecule has 0 heterocycles. The number of aryl methyl sites for hydroxylation is 1. The van der Waals surface area contributed by atoms with Gasteiger partial charge in [-0.2, -0.15) is 17.6 Å². The molecule has 1 rings (SSSR count). The second-order valence-electron chi connectivity index (χ2n) is 2.97. The molecule has 3 nitrogen and oxygen atoms in total. The van der Waals surface area contributed by atoms with E-state index in [9.17, 15) is 32.1 Å². The Bertz CT molecular complexity index is 455. The number of halogens is 5. The minimum atomic E-state index is -5.32. The van der Waals surface area contributed by atoms with Crippen molar-refractivity contribution in [1.29, 1.82) is 0 Å². The molecule has 0 amide bonds. The van der Waals surface area contributed by atoms with Gasteiger partial charge in [-0.3, -0.25) is 10.1 Å². The van der Waals surface area contributed by atoms with Crippen molar-refractivity contribution in [3.05, 3.63) is 38.9 Å². The Morgan fingerprint density at radius 2 is 1.81 bits per heavy atom. The maximum atomic E-state index is 13.1. The summed E-state index contributed by atoms with van der Waals surface area (Å²) >= 11 is 0. The van der Waals surface area contributed by atoms with Crippen molar-refractivity contribution >= 4 is 5.69 Å². The van der Waals surface area contributed by atoms with E-state index in [-0.39, 0.29) is 0 Å². The second kappa shape index (κ2) is 3.69. The molecule has 0 unspecified atom stereocenters. The van der Waals surface area contributed by atoms with Gasteiger partial charge >= 0.3 is 11.9 Å².